The number of sulfonamides is 1. The number of anilines is 1. The molecule has 1 aromatic carbocycles. The van der Waals surface area contributed by atoms with Gasteiger partial charge in [-0.05, 0) is 59.7 Å². The van der Waals surface area contributed by atoms with Gasteiger partial charge in [0, 0.05) is 16.7 Å². The summed E-state index contributed by atoms with van der Waals surface area (Å²) in [5.41, 5.74) is 5.77. The lowest BCUT2D eigenvalue weighted by Gasteiger charge is -2.25. The molecular formula is C13H18BrFN2O3S. The molecule has 21 heavy (non-hydrogen) atoms. The zero-order valence-corrected chi connectivity index (χ0v) is 13.8. The lowest BCUT2D eigenvalue weighted by Crippen LogP contribution is -2.32. The third-order valence-electron chi connectivity index (χ3n) is 3.72. The van der Waals surface area contributed by atoms with Gasteiger partial charge in [-0.25, -0.2) is 17.5 Å². The Morgan fingerprint density at radius 3 is 2.57 bits per heavy atom. The van der Waals surface area contributed by atoms with Gasteiger partial charge < -0.3 is 10.8 Å². The Kier molecular flexibility index (Phi) is 5.24. The van der Waals surface area contributed by atoms with Crippen molar-refractivity contribution in [2.24, 2.45) is 5.92 Å². The predicted octanol–water partition coefficient (Wildman–Crippen LogP) is 2.00. The minimum atomic E-state index is -3.93. The first kappa shape index (κ1) is 16.7. The van der Waals surface area contributed by atoms with Crippen LogP contribution in [0.3, 0.4) is 0 Å². The summed E-state index contributed by atoms with van der Waals surface area (Å²) in [5.74, 6) is -0.679. The van der Waals surface area contributed by atoms with E-state index in [1.165, 1.54) is 0 Å². The summed E-state index contributed by atoms with van der Waals surface area (Å²) >= 11 is 3.05. The Bertz CT molecular complexity index is 616. The number of nitrogens with one attached hydrogen (secondary N) is 1. The van der Waals surface area contributed by atoms with Crippen LogP contribution in [0, 0.1) is 11.7 Å². The van der Waals surface area contributed by atoms with Crippen LogP contribution < -0.4 is 10.5 Å². The van der Waals surface area contributed by atoms with Crippen LogP contribution in [0.25, 0.3) is 0 Å². The topological polar surface area (TPSA) is 92.4 Å². The van der Waals surface area contributed by atoms with Crippen molar-refractivity contribution < 1.29 is 17.9 Å². The molecule has 0 bridgehead atoms. The SMILES string of the molecule is Nc1cc(S(=O)(=O)NCC2CCC(O)CC2)c(F)cc1Br. The van der Waals surface area contributed by atoms with E-state index < -0.39 is 20.7 Å². The van der Waals surface area contributed by atoms with Crippen LogP contribution in [0.1, 0.15) is 25.7 Å². The minimum Gasteiger partial charge on any atom is -0.398 e. The molecule has 0 unspecified atom stereocenters. The Morgan fingerprint density at radius 2 is 1.95 bits per heavy atom. The Labute approximate surface area is 131 Å². The molecule has 0 amide bonds. The number of aliphatic hydroxyl groups excluding tert-OH is 1. The first-order valence-electron chi connectivity index (χ1n) is 6.72. The highest BCUT2D eigenvalue weighted by atomic mass is 79.9. The number of aliphatic hydroxyl groups is 1. The minimum absolute atomic E-state index is 0.164. The van der Waals surface area contributed by atoms with Crippen LogP contribution in [0.5, 0.6) is 0 Å². The summed E-state index contributed by atoms with van der Waals surface area (Å²) in [4.78, 5) is -0.445. The van der Waals surface area contributed by atoms with Crippen molar-refractivity contribution in [2.45, 2.75) is 36.7 Å². The Hall–Kier alpha value is -0.700. The van der Waals surface area contributed by atoms with E-state index >= 15 is 0 Å². The fourth-order valence-corrected chi connectivity index (χ4v) is 3.93. The number of nitrogen functional groups attached to an aromatic ring is 1. The number of nitrogens with two attached hydrogens (primary N) is 1. The van der Waals surface area contributed by atoms with Crippen molar-refractivity contribution in [3.8, 4) is 0 Å². The maximum Gasteiger partial charge on any atom is 0.243 e. The fraction of sp³-hybridized carbons (Fsp3) is 0.538. The highest BCUT2D eigenvalue weighted by molar-refractivity contribution is 9.10. The Balaban J connectivity index is 2.07. The van der Waals surface area contributed by atoms with E-state index in [9.17, 15) is 17.9 Å². The molecule has 118 valence electrons. The van der Waals surface area contributed by atoms with Gasteiger partial charge in [-0.3, -0.25) is 0 Å². The van der Waals surface area contributed by atoms with E-state index in [4.69, 9.17) is 5.73 Å². The number of halogens is 2. The molecule has 1 aliphatic carbocycles. The summed E-state index contributed by atoms with van der Waals surface area (Å²) in [7, 11) is -3.93. The molecule has 1 saturated carbocycles. The third-order valence-corrected chi connectivity index (χ3v) is 5.84. The number of hydrogen-bond acceptors (Lipinski definition) is 4. The first-order valence-corrected chi connectivity index (χ1v) is 8.99. The van der Waals surface area contributed by atoms with E-state index in [0.717, 1.165) is 25.0 Å². The monoisotopic (exact) mass is 380 g/mol. The van der Waals surface area contributed by atoms with Gasteiger partial charge >= 0.3 is 0 Å². The molecule has 5 nitrogen and oxygen atoms in total. The van der Waals surface area contributed by atoms with Crippen molar-refractivity contribution in [2.75, 3.05) is 12.3 Å². The normalized spacial score (nSPS) is 23.2. The van der Waals surface area contributed by atoms with Crippen molar-refractivity contribution in [3.63, 3.8) is 0 Å². The smallest absolute Gasteiger partial charge is 0.243 e. The second kappa shape index (κ2) is 6.60. The van der Waals surface area contributed by atoms with Gasteiger partial charge in [0.1, 0.15) is 10.7 Å². The molecule has 8 heteroatoms. The second-order valence-corrected chi connectivity index (χ2v) is 7.92. The quantitative estimate of drug-likeness (QED) is 0.696. The highest BCUT2D eigenvalue weighted by Gasteiger charge is 2.24. The summed E-state index contributed by atoms with van der Waals surface area (Å²) < 4.78 is 40.9. The van der Waals surface area contributed by atoms with Gasteiger partial charge in [0.15, 0.2) is 0 Å². The van der Waals surface area contributed by atoms with Crippen molar-refractivity contribution in [1.29, 1.82) is 0 Å². The molecule has 0 spiro atoms. The van der Waals surface area contributed by atoms with Crippen molar-refractivity contribution in [3.05, 3.63) is 22.4 Å². The molecule has 1 aromatic rings. The van der Waals surface area contributed by atoms with Crippen LogP contribution in [-0.2, 0) is 10.0 Å². The summed E-state index contributed by atoms with van der Waals surface area (Å²) in [6, 6.07) is 2.15. The van der Waals surface area contributed by atoms with Gasteiger partial charge in [0.25, 0.3) is 0 Å². The maximum absolute atomic E-state index is 13.8. The van der Waals surface area contributed by atoms with E-state index in [1.807, 2.05) is 0 Å². The van der Waals surface area contributed by atoms with Crippen LogP contribution in [-0.4, -0.2) is 26.2 Å². The standard InChI is InChI=1S/C13H18BrFN2O3S/c14-10-5-11(15)13(6-12(10)16)21(19,20)17-7-8-1-3-9(18)4-2-8/h5-6,8-9,17-18H,1-4,7,16H2. The zero-order valence-electron chi connectivity index (χ0n) is 11.4. The number of benzene rings is 1. The average Bonchev–Trinajstić information content (AvgIpc) is 2.42. The van der Waals surface area contributed by atoms with E-state index in [2.05, 4.69) is 20.7 Å². The fourth-order valence-electron chi connectivity index (χ4n) is 2.41. The van der Waals surface area contributed by atoms with Crippen LogP contribution in [0.15, 0.2) is 21.5 Å². The van der Waals surface area contributed by atoms with Crippen LogP contribution in [0.4, 0.5) is 10.1 Å². The summed E-state index contributed by atoms with van der Waals surface area (Å²) in [6.45, 7) is 0.241. The molecule has 1 aliphatic rings. The van der Waals surface area contributed by atoms with E-state index in [-0.39, 0.29) is 24.3 Å². The molecule has 0 saturated heterocycles. The molecular weight excluding hydrogens is 363 g/mol. The van der Waals surface area contributed by atoms with E-state index in [1.54, 1.807) is 0 Å². The summed E-state index contributed by atoms with van der Waals surface area (Å²) in [5, 5.41) is 9.42. The van der Waals surface area contributed by atoms with E-state index in [0.29, 0.717) is 17.3 Å². The van der Waals surface area contributed by atoms with Crippen LogP contribution >= 0.6 is 15.9 Å². The van der Waals surface area contributed by atoms with Gasteiger partial charge in [-0.1, -0.05) is 0 Å². The van der Waals surface area contributed by atoms with Crippen LogP contribution in [0.2, 0.25) is 0 Å². The predicted molar refractivity (Wildman–Crippen MR) is 81.7 cm³/mol. The first-order chi connectivity index (χ1) is 9.79. The average molecular weight is 381 g/mol. The highest BCUT2D eigenvalue weighted by Crippen LogP contribution is 2.27. The molecule has 0 radical (unpaired) electrons. The van der Waals surface area contributed by atoms with Crippen molar-refractivity contribution >= 4 is 31.6 Å². The van der Waals surface area contributed by atoms with Gasteiger partial charge in [0.05, 0.1) is 6.10 Å². The van der Waals surface area contributed by atoms with Gasteiger partial charge in [-0.15, -0.1) is 0 Å². The van der Waals surface area contributed by atoms with Gasteiger partial charge in [-0.2, -0.15) is 0 Å². The van der Waals surface area contributed by atoms with Gasteiger partial charge in [0.2, 0.25) is 10.0 Å². The number of hydrogen-bond donors (Lipinski definition) is 3. The maximum atomic E-state index is 13.8. The van der Waals surface area contributed by atoms with Crippen molar-refractivity contribution in [1.82, 2.24) is 4.72 Å². The second-order valence-electron chi connectivity index (χ2n) is 5.33. The lowest BCUT2D eigenvalue weighted by molar-refractivity contribution is 0.109. The lowest BCUT2D eigenvalue weighted by atomic mass is 9.88. The Morgan fingerprint density at radius 1 is 1.33 bits per heavy atom. The molecule has 2 rings (SSSR count). The zero-order chi connectivity index (χ0) is 15.6. The number of rotatable bonds is 4. The third kappa shape index (κ3) is 4.15. The molecule has 4 N–H and O–H groups in total. The molecule has 0 aliphatic heterocycles. The molecule has 0 atom stereocenters. The molecule has 0 heterocycles. The molecule has 1 fully saturated rings. The summed E-state index contributed by atoms with van der Waals surface area (Å²) in [6.07, 6.45) is 2.57. The largest absolute Gasteiger partial charge is 0.398 e. The molecule has 0 aromatic heterocycles.